The average molecular weight is 616 g/mol. The molecule has 42 heavy (non-hydrogen) atoms. The Morgan fingerprint density at radius 3 is 2.48 bits per heavy atom. The number of ether oxygens (including phenoxy) is 2. The lowest BCUT2D eigenvalue weighted by Crippen LogP contribution is -2.47. The number of carbonyl (C=O) groups is 1. The van der Waals surface area contributed by atoms with E-state index in [1.54, 1.807) is 30.2 Å². The third kappa shape index (κ3) is 7.95. The molecule has 0 bridgehead atoms. The Morgan fingerprint density at radius 1 is 1.14 bits per heavy atom. The molecule has 0 saturated heterocycles. The summed E-state index contributed by atoms with van der Waals surface area (Å²) in [5.41, 5.74) is 1.99. The third-order valence-corrected chi connectivity index (χ3v) is 9.04. The molecule has 3 atom stereocenters. The molecular weight excluding hydrogens is 578 g/mol. The Hall–Kier alpha value is -3.31. The van der Waals surface area contributed by atoms with Crippen molar-refractivity contribution in [3.05, 3.63) is 82.9 Å². The summed E-state index contributed by atoms with van der Waals surface area (Å²) in [6, 6.07) is 18.4. The van der Waals surface area contributed by atoms with Crippen LogP contribution in [0.3, 0.4) is 0 Å². The maximum absolute atomic E-state index is 13.5. The van der Waals surface area contributed by atoms with Crippen molar-refractivity contribution >= 4 is 33.2 Å². The summed E-state index contributed by atoms with van der Waals surface area (Å²) in [7, 11) is -0.231. The summed E-state index contributed by atoms with van der Waals surface area (Å²) < 4.78 is 40.4. The summed E-state index contributed by atoms with van der Waals surface area (Å²) in [4.78, 5) is 17.4. The van der Waals surface area contributed by atoms with E-state index in [-0.39, 0.29) is 41.9 Å². The second kappa shape index (κ2) is 13.8. The van der Waals surface area contributed by atoms with Crippen LogP contribution >= 0.6 is 11.6 Å². The van der Waals surface area contributed by atoms with Gasteiger partial charge in [0.15, 0.2) is 0 Å². The Morgan fingerprint density at radius 2 is 1.83 bits per heavy atom. The van der Waals surface area contributed by atoms with E-state index in [1.807, 2.05) is 45.2 Å². The van der Waals surface area contributed by atoms with Gasteiger partial charge in [-0.2, -0.15) is 0 Å². The molecule has 0 aliphatic carbocycles. The molecule has 0 aromatic heterocycles. The van der Waals surface area contributed by atoms with Gasteiger partial charge in [0, 0.05) is 41.8 Å². The van der Waals surface area contributed by atoms with Gasteiger partial charge in [-0.1, -0.05) is 30.7 Å². The van der Waals surface area contributed by atoms with Crippen molar-refractivity contribution in [3.63, 3.8) is 0 Å². The lowest BCUT2D eigenvalue weighted by Gasteiger charge is -2.34. The van der Waals surface area contributed by atoms with E-state index in [4.69, 9.17) is 21.1 Å². The number of nitrogens with one attached hydrogen (secondary N) is 1. The minimum absolute atomic E-state index is 0.00267. The highest BCUT2D eigenvalue weighted by molar-refractivity contribution is 7.92. The van der Waals surface area contributed by atoms with Gasteiger partial charge in [-0.15, -0.1) is 0 Å². The average Bonchev–Trinajstić information content (AvgIpc) is 3.00. The number of rotatable bonds is 10. The summed E-state index contributed by atoms with van der Waals surface area (Å²) in [5.74, 6) is 1.09. The van der Waals surface area contributed by atoms with Crippen LogP contribution in [0.25, 0.3) is 0 Å². The molecule has 11 heteroatoms. The summed E-state index contributed by atoms with van der Waals surface area (Å²) >= 11 is 5.92. The van der Waals surface area contributed by atoms with Crippen LogP contribution in [0.4, 0.5) is 5.69 Å². The van der Waals surface area contributed by atoms with Crippen LogP contribution in [-0.2, 0) is 27.8 Å². The van der Waals surface area contributed by atoms with E-state index in [0.717, 1.165) is 11.3 Å². The zero-order chi connectivity index (χ0) is 30.4. The van der Waals surface area contributed by atoms with Crippen LogP contribution in [0.5, 0.6) is 11.5 Å². The Bertz CT molecular complexity index is 1470. The van der Waals surface area contributed by atoms with Crippen molar-refractivity contribution < 1.29 is 27.8 Å². The van der Waals surface area contributed by atoms with Crippen LogP contribution in [0, 0.1) is 5.92 Å². The van der Waals surface area contributed by atoms with Crippen molar-refractivity contribution in [2.45, 2.75) is 43.9 Å². The lowest BCUT2D eigenvalue weighted by molar-refractivity contribution is -0.134. The minimum Gasteiger partial charge on any atom is -0.497 e. The van der Waals surface area contributed by atoms with E-state index in [2.05, 4.69) is 9.62 Å². The van der Waals surface area contributed by atoms with Gasteiger partial charge < -0.3 is 19.5 Å². The van der Waals surface area contributed by atoms with E-state index in [9.17, 15) is 18.3 Å². The smallest absolute Gasteiger partial charge is 0.261 e. The Balaban J connectivity index is 1.61. The number of hydrogen-bond donors (Lipinski definition) is 2. The molecule has 3 aromatic rings. The van der Waals surface area contributed by atoms with E-state index < -0.39 is 10.0 Å². The number of hydrogen-bond acceptors (Lipinski definition) is 7. The van der Waals surface area contributed by atoms with E-state index in [1.165, 1.54) is 24.3 Å². The Kier molecular flexibility index (Phi) is 10.4. The monoisotopic (exact) mass is 615 g/mol. The number of aliphatic hydroxyl groups excluding tert-OH is 1. The quantitative estimate of drug-likeness (QED) is 0.347. The van der Waals surface area contributed by atoms with Crippen LogP contribution in [0.15, 0.2) is 71.6 Å². The van der Waals surface area contributed by atoms with Crippen molar-refractivity contribution in [2.75, 3.05) is 38.6 Å². The minimum atomic E-state index is -3.88. The van der Waals surface area contributed by atoms with E-state index >= 15 is 0 Å². The van der Waals surface area contributed by atoms with Gasteiger partial charge in [0.2, 0.25) is 5.91 Å². The zero-order valence-electron chi connectivity index (χ0n) is 24.3. The number of methoxy groups -OCH3 is 1. The molecule has 2 N–H and O–H groups in total. The normalized spacial score (nSPS) is 18.4. The first-order chi connectivity index (χ1) is 20.0. The van der Waals surface area contributed by atoms with Gasteiger partial charge in [0.05, 0.1) is 31.1 Å². The number of halogens is 1. The third-order valence-electron chi connectivity index (χ3n) is 7.40. The predicted molar refractivity (Wildman–Crippen MR) is 164 cm³/mol. The number of carbonyl (C=O) groups excluding carboxylic acids is 1. The van der Waals surface area contributed by atoms with Crippen LogP contribution in [-0.4, -0.2) is 75.2 Å². The highest BCUT2D eigenvalue weighted by Gasteiger charge is 2.31. The molecule has 1 heterocycles. The number of sulfonamides is 1. The predicted octanol–water partition coefficient (Wildman–Crippen LogP) is 4.43. The second-order valence-corrected chi connectivity index (χ2v) is 12.9. The fraction of sp³-hybridized carbons (Fsp3) is 0.387. The van der Waals surface area contributed by atoms with Crippen LogP contribution < -0.4 is 14.2 Å². The molecule has 0 saturated carbocycles. The number of amides is 1. The maximum atomic E-state index is 13.5. The highest BCUT2D eigenvalue weighted by atomic mass is 35.5. The summed E-state index contributed by atoms with van der Waals surface area (Å²) in [6.07, 6.45) is -0.292. The maximum Gasteiger partial charge on any atom is 0.261 e. The molecule has 1 aliphatic rings. The number of anilines is 1. The van der Waals surface area contributed by atoms with Crippen molar-refractivity contribution in [1.82, 2.24) is 9.80 Å². The number of nitrogens with zero attached hydrogens (tertiary/aromatic N) is 2. The molecule has 3 aromatic carbocycles. The fourth-order valence-corrected chi connectivity index (χ4v) is 6.13. The van der Waals surface area contributed by atoms with Gasteiger partial charge in [-0.05, 0) is 74.1 Å². The highest BCUT2D eigenvalue weighted by Crippen LogP contribution is 2.30. The number of benzene rings is 3. The lowest BCUT2D eigenvalue weighted by atomic mass is 10.0. The van der Waals surface area contributed by atoms with Crippen molar-refractivity contribution in [1.29, 1.82) is 0 Å². The number of fused-ring (bicyclic) bond motifs is 1. The van der Waals surface area contributed by atoms with E-state index in [0.29, 0.717) is 41.7 Å². The molecule has 0 fully saturated rings. The molecule has 4 rings (SSSR count). The number of aliphatic hydroxyl groups is 1. The van der Waals surface area contributed by atoms with Crippen molar-refractivity contribution in [3.8, 4) is 11.5 Å². The molecule has 226 valence electrons. The molecule has 0 radical (unpaired) electrons. The summed E-state index contributed by atoms with van der Waals surface area (Å²) in [6.45, 7) is 5.35. The SMILES string of the molecule is COc1ccc(CN(C)C[C@@H]2Oc3ccc(NS(=O)(=O)c4ccc(Cl)cc4)cc3CC(=O)N([C@H](C)CO)C[C@H]2C)cc1. The van der Waals surface area contributed by atoms with Gasteiger partial charge in [-0.25, -0.2) is 8.42 Å². The standard InChI is InChI=1S/C31H38ClN3O6S/c1-21-17-35(22(2)20-36)31(37)16-24-15-26(33-42(38,39)28-12-7-25(32)8-13-28)9-14-29(24)41-30(21)19-34(3)18-23-5-10-27(40-4)11-6-23/h5-15,21-22,30,33,36H,16-20H2,1-4H3/t21-,22-,30+/m1/s1. The zero-order valence-corrected chi connectivity index (χ0v) is 25.9. The van der Waals surface area contributed by atoms with Crippen LogP contribution in [0.2, 0.25) is 5.02 Å². The second-order valence-electron chi connectivity index (χ2n) is 10.8. The van der Waals surface area contributed by atoms with Crippen LogP contribution in [0.1, 0.15) is 25.0 Å². The molecular formula is C31H38ClN3O6S. The Labute approximate surface area is 253 Å². The molecule has 0 spiro atoms. The first-order valence-electron chi connectivity index (χ1n) is 13.8. The van der Waals surface area contributed by atoms with Gasteiger partial charge in [-0.3, -0.25) is 14.4 Å². The number of likely N-dealkylation sites (N-methyl/N-ethyl adjacent to an activating group) is 1. The topological polar surface area (TPSA) is 108 Å². The fourth-order valence-electron chi connectivity index (χ4n) is 4.95. The first-order valence-corrected chi connectivity index (χ1v) is 15.6. The first kappa shape index (κ1) is 31.6. The van der Waals surface area contributed by atoms with Gasteiger partial charge >= 0.3 is 0 Å². The molecule has 1 aliphatic heterocycles. The molecule has 9 nitrogen and oxygen atoms in total. The van der Waals surface area contributed by atoms with Gasteiger partial charge in [0.1, 0.15) is 17.6 Å². The molecule has 1 amide bonds. The van der Waals surface area contributed by atoms with Crippen molar-refractivity contribution in [2.24, 2.45) is 5.92 Å². The molecule has 0 unspecified atom stereocenters. The summed E-state index contributed by atoms with van der Waals surface area (Å²) in [5, 5.41) is 10.3. The largest absolute Gasteiger partial charge is 0.497 e. The van der Waals surface area contributed by atoms with Gasteiger partial charge in [0.25, 0.3) is 10.0 Å².